The van der Waals surface area contributed by atoms with Crippen molar-refractivity contribution in [2.75, 3.05) is 13.4 Å². The first-order chi connectivity index (χ1) is 10.8. The Morgan fingerprint density at radius 2 is 1.96 bits per heavy atom. The lowest BCUT2D eigenvalue weighted by molar-refractivity contribution is -0.139. The van der Waals surface area contributed by atoms with Gasteiger partial charge < -0.3 is 4.74 Å². The van der Waals surface area contributed by atoms with Crippen LogP contribution >= 0.6 is 0 Å². The van der Waals surface area contributed by atoms with Gasteiger partial charge in [0.1, 0.15) is 6.42 Å². The number of sulfonamides is 1. The number of methoxy groups -OCH3 is 1. The molecule has 126 valence electrons. The van der Waals surface area contributed by atoms with E-state index in [0.29, 0.717) is 6.42 Å². The molecule has 1 aromatic rings. The van der Waals surface area contributed by atoms with Crippen LogP contribution in [0.3, 0.4) is 0 Å². The maximum Gasteiger partial charge on any atom is 0.317 e. The van der Waals surface area contributed by atoms with Crippen LogP contribution in [0.25, 0.3) is 0 Å². The summed E-state index contributed by atoms with van der Waals surface area (Å²) in [5.41, 5.74) is 1.14. The second kappa shape index (κ2) is 9.33. The van der Waals surface area contributed by atoms with Crippen molar-refractivity contribution in [3.8, 4) is 11.8 Å². The predicted molar refractivity (Wildman–Crippen MR) is 90.1 cm³/mol. The number of benzene rings is 1. The van der Waals surface area contributed by atoms with Gasteiger partial charge in [0.15, 0.2) is 0 Å². The Labute approximate surface area is 138 Å². The zero-order valence-electron chi connectivity index (χ0n) is 13.7. The van der Waals surface area contributed by atoms with E-state index >= 15 is 0 Å². The number of nitrogens with one attached hydrogen (secondary N) is 1. The quantitative estimate of drug-likeness (QED) is 0.608. The molecule has 0 aliphatic heterocycles. The van der Waals surface area contributed by atoms with Crippen LogP contribution in [0.15, 0.2) is 30.3 Å². The third-order valence-corrected chi connectivity index (χ3v) is 4.08. The fraction of sp³-hybridized carbons (Fsp3) is 0.471. The number of carbonyl (C=O) groups is 1. The second-order valence-electron chi connectivity index (χ2n) is 5.38. The molecule has 0 fully saturated rings. The number of carbonyl (C=O) groups excluding carboxylic acids is 1. The molecular formula is C17H23NO4S. The van der Waals surface area contributed by atoms with E-state index < -0.39 is 16.0 Å². The molecule has 0 spiro atoms. The molecule has 5 nitrogen and oxygen atoms in total. The summed E-state index contributed by atoms with van der Waals surface area (Å²) >= 11 is 0. The Morgan fingerprint density at radius 3 is 2.52 bits per heavy atom. The fourth-order valence-electron chi connectivity index (χ4n) is 2.11. The van der Waals surface area contributed by atoms with Gasteiger partial charge in [0.25, 0.3) is 0 Å². The van der Waals surface area contributed by atoms with Gasteiger partial charge in [0.2, 0.25) is 10.0 Å². The normalized spacial score (nSPS) is 13.5. The van der Waals surface area contributed by atoms with Crippen molar-refractivity contribution in [2.45, 2.75) is 32.2 Å². The van der Waals surface area contributed by atoms with Crippen molar-refractivity contribution < 1.29 is 17.9 Å². The summed E-state index contributed by atoms with van der Waals surface area (Å²) < 4.78 is 30.3. The van der Waals surface area contributed by atoms with Crippen molar-refractivity contribution in [2.24, 2.45) is 5.92 Å². The van der Waals surface area contributed by atoms with Gasteiger partial charge in [-0.3, -0.25) is 4.79 Å². The summed E-state index contributed by atoms with van der Waals surface area (Å²) in [6.45, 7) is 1.85. The summed E-state index contributed by atoms with van der Waals surface area (Å²) in [4.78, 5) is 11.1. The SMILES string of the molecule is COC(=O)CC#C[C@H](C)[C@H](CCc1ccccc1)NS(C)(=O)=O. The molecule has 2 atom stereocenters. The number of hydrogen-bond acceptors (Lipinski definition) is 4. The van der Waals surface area contributed by atoms with Crippen LogP contribution in [-0.4, -0.2) is 33.8 Å². The highest BCUT2D eigenvalue weighted by Gasteiger charge is 2.19. The number of esters is 1. The highest BCUT2D eigenvalue weighted by molar-refractivity contribution is 7.88. The molecule has 6 heteroatoms. The van der Waals surface area contributed by atoms with Crippen LogP contribution in [0.5, 0.6) is 0 Å². The summed E-state index contributed by atoms with van der Waals surface area (Å²) in [6, 6.07) is 9.55. The fourth-order valence-corrected chi connectivity index (χ4v) is 2.98. The summed E-state index contributed by atoms with van der Waals surface area (Å²) in [7, 11) is -2.02. The Hall–Kier alpha value is -1.84. The average Bonchev–Trinajstić information content (AvgIpc) is 2.51. The lowest BCUT2D eigenvalue weighted by Gasteiger charge is -2.20. The monoisotopic (exact) mass is 337 g/mol. The van der Waals surface area contributed by atoms with Crippen molar-refractivity contribution in [1.29, 1.82) is 0 Å². The van der Waals surface area contributed by atoms with Gasteiger partial charge in [0, 0.05) is 12.0 Å². The van der Waals surface area contributed by atoms with Gasteiger partial charge in [-0.15, -0.1) is 0 Å². The smallest absolute Gasteiger partial charge is 0.317 e. The minimum Gasteiger partial charge on any atom is -0.468 e. The average molecular weight is 337 g/mol. The molecule has 1 rings (SSSR count). The zero-order valence-corrected chi connectivity index (χ0v) is 14.5. The minimum absolute atomic E-state index is 0.00508. The predicted octanol–water partition coefficient (Wildman–Crippen LogP) is 1.74. The molecule has 0 unspecified atom stereocenters. The maximum atomic E-state index is 11.6. The Kier molecular flexibility index (Phi) is 7.79. The van der Waals surface area contributed by atoms with E-state index in [0.717, 1.165) is 18.2 Å². The highest BCUT2D eigenvalue weighted by atomic mass is 32.2. The molecule has 0 heterocycles. The molecule has 0 saturated carbocycles. The van der Waals surface area contributed by atoms with E-state index in [1.165, 1.54) is 7.11 Å². The summed E-state index contributed by atoms with van der Waals surface area (Å²) in [5, 5.41) is 0. The first-order valence-corrected chi connectivity index (χ1v) is 9.27. The molecular weight excluding hydrogens is 314 g/mol. The molecule has 0 amide bonds. The molecule has 23 heavy (non-hydrogen) atoms. The van der Waals surface area contributed by atoms with Crippen LogP contribution in [0, 0.1) is 17.8 Å². The van der Waals surface area contributed by atoms with Gasteiger partial charge in [-0.1, -0.05) is 42.2 Å². The number of hydrogen-bond donors (Lipinski definition) is 1. The largest absolute Gasteiger partial charge is 0.468 e. The molecule has 0 aliphatic rings. The maximum absolute atomic E-state index is 11.6. The standard InChI is InChI=1S/C17H23NO4S/c1-14(8-7-11-17(19)22-2)16(18-23(3,20)21)13-12-15-9-5-4-6-10-15/h4-6,9-10,14,16,18H,11-13H2,1-3H3/t14-,16-/m0/s1. The Morgan fingerprint density at radius 1 is 1.30 bits per heavy atom. The summed E-state index contributed by atoms with van der Waals surface area (Å²) in [6.07, 6.45) is 2.52. The topological polar surface area (TPSA) is 72.5 Å². The molecule has 0 aromatic heterocycles. The van der Waals surface area contributed by atoms with Gasteiger partial charge >= 0.3 is 5.97 Å². The molecule has 0 radical (unpaired) electrons. The molecule has 1 aromatic carbocycles. The van der Waals surface area contributed by atoms with Crippen LogP contribution in [0.4, 0.5) is 0 Å². The summed E-state index contributed by atoms with van der Waals surface area (Å²) in [5.74, 6) is 5.06. The second-order valence-corrected chi connectivity index (χ2v) is 7.16. The highest BCUT2D eigenvalue weighted by Crippen LogP contribution is 2.12. The van der Waals surface area contributed by atoms with E-state index in [9.17, 15) is 13.2 Å². The van der Waals surface area contributed by atoms with Crippen LogP contribution in [0.1, 0.15) is 25.3 Å². The first kappa shape index (κ1) is 19.2. The molecule has 1 N–H and O–H groups in total. The first-order valence-electron chi connectivity index (χ1n) is 7.38. The molecule has 0 saturated heterocycles. The Balaban J connectivity index is 2.73. The van der Waals surface area contributed by atoms with Crippen molar-refractivity contribution in [3.63, 3.8) is 0 Å². The zero-order chi connectivity index (χ0) is 17.3. The van der Waals surface area contributed by atoms with Crippen molar-refractivity contribution in [1.82, 2.24) is 4.72 Å². The third kappa shape index (κ3) is 8.38. The van der Waals surface area contributed by atoms with Crippen LogP contribution in [0.2, 0.25) is 0 Å². The third-order valence-electron chi connectivity index (χ3n) is 3.35. The van der Waals surface area contributed by atoms with Gasteiger partial charge in [-0.05, 0) is 25.3 Å². The van der Waals surface area contributed by atoms with E-state index in [1.807, 2.05) is 37.3 Å². The van der Waals surface area contributed by atoms with E-state index in [4.69, 9.17) is 0 Å². The van der Waals surface area contributed by atoms with Gasteiger partial charge in [-0.25, -0.2) is 13.1 Å². The number of aryl methyl sites for hydroxylation is 1. The lowest BCUT2D eigenvalue weighted by atomic mass is 9.96. The van der Waals surface area contributed by atoms with Crippen molar-refractivity contribution >= 4 is 16.0 Å². The van der Waals surface area contributed by atoms with Crippen LogP contribution in [-0.2, 0) is 26.0 Å². The van der Waals surface area contributed by atoms with Gasteiger partial charge in [0.05, 0.1) is 13.4 Å². The van der Waals surface area contributed by atoms with E-state index in [2.05, 4.69) is 21.3 Å². The number of ether oxygens (including phenoxy) is 1. The van der Waals surface area contributed by atoms with Crippen molar-refractivity contribution in [3.05, 3.63) is 35.9 Å². The van der Waals surface area contributed by atoms with E-state index in [-0.39, 0.29) is 18.4 Å². The molecule has 0 aliphatic carbocycles. The number of rotatable bonds is 7. The Bertz CT molecular complexity index is 659. The minimum atomic E-state index is -3.33. The van der Waals surface area contributed by atoms with Gasteiger partial charge in [-0.2, -0.15) is 0 Å². The van der Waals surface area contributed by atoms with E-state index in [1.54, 1.807) is 0 Å². The molecule has 0 bridgehead atoms. The van der Waals surface area contributed by atoms with Crippen LogP contribution < -0.4 is 4.72 Å². The lowest BCUT2D eigenvalue weighted by Crippen LogP contribution is -2.38.